The lowest BCUT2D eigenvalue weighted by Crippen LogP contribution is -2.47. The molecule has 2 rings (SSSR count). The van der Waals surface area contributed by atoms with Gasteiger partial charge in [-0.15, -0.1) is 0 Å². The predicted octanol–water partition coefficient (Wildman–Crippen LogP) is 4.56. The number of hydrogen-bond acceptors (Lipinski definition) is 0. The molecule has 0 N–H and O–H groups in total. The molecule has 0 heteroatoms. The van der Waals surface area contributed by atoms with Gasteiger partial charge in [-0.05, 0) is 42.9 Å². The molecule has 0 radical (unpaired) electrons. The summed E-state index contributed by atoms with van der Waals surface area (Å²) in [6.07, 6.45) is 9.48. The van der Waals surface area contributed by atoms with E-state index >= 15 is 0 Å². The summed E-state index contributed by atoms with van der Waals surface area (Å²) in [5.74, 6) is 0.908. The summed E-state index contributed by atoms with van der Waals surface area (Å²) in [5.41, 5.74) is 2.79. The number of hydrogen-bond donors (Lipinski definition) is 0. The van der Waals surface area contributed by atoms with Crippen LogP contribution in [0.4, 0.5) is 0 Å². The lowest BCUT2D eigenvalue weighted by molar-refractivity contribution is -0.0361. The molecule has 0 aromatic rings. The van der Waals surface area contributed by atoms with E-state index in [-0.39, 0.29) is 0 Å². The van der Waals surface area contributed by atoms with Crippen LogP contribution < -0.4 is 0 Å². The van der Waals surface area contributed by atoms with E-state index in [2.05, 4.69) is 33.8 Å². The number of rotatable bonds is 0. The highest BCUT2D eigenvalue weighted by Gasteiger charge is 2.50. The van der Waals surface area contributed by atoms with Gasteiger partial charge in [-0.2, -0.15) is 0 Å². The maximum atomic E-state index is 2.53. The fourth-order valence-electron chi connectivity index (χ4n) is 3.81. The summed E-state index contributed by atoms with van der Waals surface area (Å²) in [7, 11) is 0. The Balaban J connectivity index is 2.36. The zero-order chi connectivity index (χ0) is 10.4. The summed E-state index contributed by atoms with van der Waals surface area (Å²) >= 11 is 0. The summed E-state index contributed by atoms with van der Waals surface area (Å²) in [6.45, 7) is 9.83. The third-order valence-electron chi connectivity index (χ3n) is 5.38. The lowest BCUT2D eigenvalue weighted by atomic mass is 9.49. The SMILES string of the molecule is CC1=CC[C@@]2(C)[C@H](C)CCC[C@@]2(C)C1. The predicted molar refractivity (Wildman–Crippen MR) is 62.2 cm³/mol. The first-order valence-corrected chi connectivity index (χ1v) is 6.14. The molecule has 0 heterocycles. The van der Waals surface area contributed by atoms with Crippen LogP contribution in [-0.2, 0) is 0 Å². The second-order valence-corrected chi connectivity index (χ2v) is 6.20. The average molecular weight is 192 g/mol. The summed E-state index contributed by atoms with van der Waals surface area (Å²) in [6, 6.07) is 0. The van der Waals surface area contributed by atoms with Gasteiger partial charge in [0.2, 0.25) is 0 Å². The quantitative estimate of drug-likeness (QED) is 0.494. The third kappa shape index (κ3) is 1.26. The van der Waals surface area contributed by atoms with Gasteiger partial charge in [0.15, 0.2) is 0 Å². The van der Waals surface area contributed by atoms with Crippen LogP contribution in [0.3, 0.4) is 0 Å². The van der Waals surface area contributed by atoms with Crippen molar-refractivity contribution in [3.8, 4) is 0 Å². The van der Waals surface area contributed by atoms with Gasteiger partial charge in [0.1, 0.15) is 0 Å². The van der Waals surface area contributed by atoms with E-state index in [1.807, 2.05) is 0 Å². The molecular weight excluding hydrogens is 168 g/mol. The van der Waals surface area contributed by atoms with Crippen molar-refractivity contribution in [1.82, 2.24) is 0 Å². The Bertz CT molecular complexity index is 263. The van der Waals surface area contributed by atoms with Gasteiger partial charge in [-0.1, -0.05) is 45.3 Å². The molecular formula is C14H24. The molecule has 1 saturated carbocycles. The lowest BCUT2D eigenvalue weighted by Gasteiger charge is -2.56. The van der Waals surface area contributed by atoms with Crippen LogP contribution in [0, 0.1) is 16.7 Å². The summed E-state index contributed by atoms with van der Waals surface area (Å²) in [5, 5.41) is 0. The second kappa shape index (κ2) is 3.12. The third-order valence-corrected chi connectivity index (χ3v) is 5.38. The Morgan fingerprint density at radius 3 is 2.79 bits per heavy atom. The van der Waals surface area contributed by atoms with Crippen LogP contribution in [0.5, 0.6) is 0 Å². The van der Waals surface area contributed by atoms with E-state index in [4.69, 9.17) is 0 Å². The fourth-order valence-corrected chi connectivity index (χ4v) is 3.81. The van der Waals surface area contributed by atoms with Crippen LogP contribution in [0.1, 0.15) is 59.8 Å². The molecule has 0 unspecified atom stereocenters. The molecule has 0 spiro atoms. The smallest absolute Gasteiger partial charge is 0.0209 e. The summed E-state index contributed by atoms with van der Waals surface area (Å²) < 4.78 is 0. The summed E-state index contributed by atoms with van der Waals surface area (Å²) in [4.78, 5) is 0. The van der Waals surface area contributed by atoms with Crippen LogP contribution in [0.15, 0.2) is 11.6 Å². The topological polar surface area (TPSA) is 0 Å². The molecule has 80 valence electrons. The first kappa shape index (κ1) is 10.3. The van der Waals surface area contributed by atoms with Crippen molar-refractivity contribution in [2.75, 3.05) is 0 Å². The molecule has 2 aliphatic carbocycles. The zero-order valence-corrected chi connectivity index (χ0v) is 10.2. The monoisotopic (exact) mass is 192 g/mol. The Morgan fingerprint density at radius 1 is 1.36 bits per heavy atom. The van der Waals surface area contributed by atoms with Gasteiger partial charge >= 0.3 is 0 Å². The molecule has 3 atom stereocenters. The molecule has 0 amide bonds. The van der Waals surface area contributed by atoms with Crippen molar-refractivity contribution in [2.24, 2.45) is 16.7 Å². The van der Waals surface area contributed by atoms with E-state index in [1.54, 1.807) is 5.57 Å². The minimum Gasteiger partial charge on any atom is -0.0850 e. The molecule has 0 aliphatic heterocycles. The van der Waals surface area contributed by atoms with Crippen molar-refractivity contribution in [3.05, 3.63) is 11.6 Å². The highest BCUT2D eigenvalue weighted by molar-refractivity contribution is 5.15. The van der Waals surface area contributed by atoms with Crippen LogP contribution in [0.2, 0.25) is 0 Å². The van der Waals surface area contributed by atoms with E-state index < -0.39 is 0 Å². The second-order valence-electron chi connectivity index (χ2n) is 6.20. The zero-order valence-electron chi connectivity index (χ0n) is 10.2. The number of allylic oxidation sites excluding steroid dienone is 2. The van der Waals surface area contributed by atoms with E-state index in [0.717, 1.165) is 5.92 Å². The Morgan fingerprint density at radius 2 is 2.07 bits per heavy atom. The number of fused-ring (bicyclic) bond motifs is 1. The molecule has 2 aliphatic rings. The van der Waals surface area contributed by atoms with Crippen molar-refractivity contribution in [2.45, 2.75) is 59.8 Å². The van der Waals surface area contributed by atoms with Gasteiger partial charge < -0.3 is 0 Å². The van der Waals surface area contributed by atoms with Crippen molar-refractivity contribution >= 4 is 0 Å². The largest absolute Gasteiger partial charge is 0.0850 e. The molecule has 0 aromatic carbocycles. The Labute approximate surface area is 88.8 Å². The minimum absolute atomic E-state index is 0.574. The van der Waals surface area contributed by atoms with Crippen LogP contribution >= 0.6 is 0 Å². The van der Waals surface area contributed by atoms with Gasteiger partial charge in [0, 0.05) is 0 Å². The van der Waals surface area contributed by atoms with Gasteiger partial charge in [-0.25, -0.2) is 0 Å². The molecule has 0 saturated heterocycles. The van der Waals surface area contributed by atoms with E-state index in [1.165, 1.54) is 32.1 Å². The highest BCUT2D eigenvalue weighted by Crippen LogP contribution is 2.60. The van der Waals surface area contributed by atoms with Gasteiger partial charge in [0.25, 0.3) is 0 Å². The van der Waals surface area contributed by atoms with E-state index in [0.29, 0.717) is 10.8 Å². The van der Waals surface area contributed by atoms with E-state index in [9.17, 15) is 0 Å². The maximum Gasteiger partial charge on any atom is -0.0209 e. The first-order chi connectivity index (χ1) is 6.48. The standard InChI is InChI=1S/C14H24/c1-11-7-9-14(4)12(2)6-5-8-13(14,3)10-11/h7,12H,5-6,8-10H2,1-4H3/t12-,13+,14+/m1/s1. The highest BCUT2D eigenvalue weighted by atomic mass is 14.5. The van der Waals surface area contributed by atoms with Crippen molar-refractivity contribution in [1.29, 1.82) is 0 Å². The fraction of sp³-hybridized carbons (Fsp3) is 0.857. The molecule has 0 nitrogen and oxygen atoms in total. The van der Waals surface area contributed by atoms with Gasteiger partial charge in [0.05, 0.1) is 0 Å². The minimum atomic E-state index is 0.574. The normalized spacial score (nSPS) is 48.3. The molecule has 0 aromatic heterocycles. The Hall–Kier alpha value is -0.260. The molecule has 0 bridgehead atoms. The maximum absolute atomic E-state index is 2.53. The Kier molecular flexibility index (Phi) is 2.28. The first-order valence-electron chi connectivity index (χ1n) is 6.14. The van der Waals surface area contributed by atoms with Gasteiger partial charge in [-0.3, -0.25) is 0 Å². The van der Waals surface area contributed by atoms with Crippen molar-refractivity contribution < 1.29 is 0 Å². The van der Waals surface area contributed by atoms with Crippen molar-refractivity contribution in [3.63, 3.8) is 0 Å². The molecule has 1 fully saturated rings. The van der Waals surface area contributed by atoms with Crippen LogP contribution in [0.25, 0.3) is 0 Å². The molecule has 14 heavy (non-hydrogen) atoms. The average Bonchev–Trinajstić information content (AvgIpc) is 2.10. The van der Waals surface area contributed by atoms with Crippen LogP contribution in [-0.4, -0.2) is 0 Å².